The molecule has 0 saturated carbocycles. The Labute approximate surface area is 101 Å². The molecule has 1 aromatic carbocycles. The molecule has 4 heteroatoms. The van der Waals surface area contributed by atoms with E-state index >= 15 is 0 Å². The van der Waals surface area contributed by atoms with Crippen molar-refractivity contribution in [2.75, 3.05) is 0 Å². The van der Waals surface area contributed by atoms with Gasteiger partial charge in [-0.15, -0.1) is 10.2 Å². The van der Waals surface area contributed by atoms with Crippen LogP contribution in [0.3, 0.4) is 0 Å². The van der Waals surface area contributed by atoms with Crippen LogP contribution in [0.1, 0.15) is 30.8 Å². The summed E-state index contributed by atoms with van der Waals surface area (Å²) in [6.07, 6.45) is 3.61. The van der Waals surface area contributed by atoms with Gasteiger partial charge in [-0.05, 0) is 18.4 Å². The molecule has 0 unspecified atom stereocenters. The van der Waals surface area contributed by atoms with Gasteiger partial charge < -0.3 is 10.3 Å². The molecule has 0 aliphatic heterocycles. The summed E-state index contributed by atoms with van der Waals surface area (Å²) < 4.78 is 2.04. The molecule has 4 nitrogen and oxygen atoms in total. The molecule has 0 amide bonds. The smallest absolute Gasteiger partial charge is 0.150 e. The minimum atomic E-state index is -0.0913. The summed E-state index contributed by atoms with van der Waals surface area (Å²) in [6, 6.07) is 10.1. The van der Waals surface area contributed by atoms with Crippen molar-refractivity contribution in [1.29, 1.82) is 0 Å². The summed E-state index contributed by atoms with van der Waals surface area (Å²) in [6.45, 7) is 3.05. The highest BCUT2D eigenvalue weighted by molar-refractivity contribution is 5.17. The topological polar surface area (TPSA) is 56.7 Å². The van der Waals surface area contributed by atoms with Gasteiger partial charge in [0, 0.05) is 6.54 Å². The molecule has 1 aromatic heterocycles. The number of hydrogen-bond acceptors (Lipinski definition) is 3. The minimum absolute atomic E-state index is 0.0913. The predicted octanol–water partition coefficient (Wildman–Crippen LogP) is 1.93. The molecule has 2 rings (SSSR count). The first-order valence-corrected chi connectivity index (χ1v) is 5.98. The average Bonchev–Trinajstić information content (AvgIpc) is 2.79. The Bertz CT molecular complexity index is 449. The van der Waals surface area contributed by atoms with E-state index in [4.69, 9.17) is 5.73 Å². The molecule has 0 radical (unpaired) electrons. The van der Waals surface area contributed by atoms with Crippen molar-refractivity contribution in [1.82, 2.24) is 14.8 Å². The second-order valence-electron chi connectivity index (χ2n) is 4.18. The number of nitrogens with zero attached hydrogens (tertiary/aromatic N) is 3. The van der Waals surface area contributed by atoms with Gasteiger partial charge in [0.1, 0.15) is 12.2 Å². The van der Waals surface area contributed by atoms with Crippen LogP contribution in [-0.2, 0) is 13.0 Å². The van der Waals surface area contributed by atoms with Crippen molar-refractivity contribution < 1.29 is 0 Å². The van der Waals surface area contributed by atoms with Gasteiger partial charge in [0.05, 0.1) is 6.04 Å². The SMILES string of the molecule is CCCn1cnnc1[C@H](N)Cc1ccccc1. The van der Waals surface area contributed by atoms with Crippen LogP contribution < -0.4 is 5.73 Å². The summed E-state index contributed by atoms with van der Waals surface area (Å²) in [7, 11) is 0. The van der Waals surface area contributed by atoms with Gasteiger partial charge >= 0.3 is 0 Å². The lowest BCUT2D eigenvalue weighted by Gasteiger charge is -2.12. The molecule has 0 bridgehead atoms. The van der Waals surface area contributed by atoms with E-state index in [-0.39, 0.29) is 6.04 Å². The maximum atomic E-state index is 6.18. The average molecular weight is 230 g/mol. The fourth-order valence-corrected chi connectivity index (χ4v) is 1.92. The Balaban J connectivity index is 2.09. The molecular weight excluding hydrogens is 212 g/mol. The number of benzene rings is 1. The van der Waals surface area contributed by atoms with Crippen LogP contribution in [0.2, 0.25) is 0 Å². The van der Waals surface area contributed by atoms with Crippen LogP contribution in [0.25, 0.3) is 0 Å². The van der Waals surface area contributed by atoms with Gasteiger partial charge in [-0.3, -0.25) is 0 Å². The van der Waals surface area contributed by atoms with E-state index in [1.54, 1.807) is 6.33 Å². The molecule has 0 spiro atoms. The largest absolute Gasteiger partial charge is 0.321 e. The van der Waals surface area contributed by atoms with Crippen LogP contribution in [-0.4, -0.2) is 14.8 Å². The monoisotopic (exact) mass is 230 g/mol. The summed E-state index contributed by atoms with van der Waals surface area (Å²) in [5, 5.41) is 8.06. The molecule has 90 valence electrons. The predicted molar refractivity (Wildman–Crippen MR) is 67.4 cm³/mol. The van der Waals surface area contributed by atoms with Crippen LogP contribution in [0.4, 0.5) is 0 Å². The van der Waals surface area contributed by atoms with E-state index in [9.17, 15) is 0 Å². The maximum Gasteiger partial charge on any atom is 0.150 e. The van der Waals surface area contributed by atoms with Crippen LogP contribution in [0.5, 0.6) is 0 Å². The van der Waals surface area contributed by atoms with Gasteiger partial charge in [-0.2, -0.15) is 0 Å². The Morgan fingerprint density at radius 1 is 1.29 bits per heavy atom. The number of aromatic nitrogens is 3. The first-order valence-electron chi connectivity index (χ1n) is 5.98. The first kappa shape index (κ1) is 11.8. The van der Waals surface area contributed by atoms with Gasteiger partial charge in [0.15, 0.2) is 0 Å². The lowest BCUT2D eigenvalue weighted by atomic mass is 10.1. The fourth-order valence-electron chi connectivity index (χ4n) is 1.92. The lowest BCUT2D eigenvalue weighted by molar-refractivity contribution is 0.574. The third-order valence-corrected chi connectivity index (χ3v) is 2.74. The Hall–Kier alpha value is -1.68. The van der Waals surface area contributed by atoms with Crippen LogP contribution in [0.15, 0.2) is 36.7 Å². The molecule has 0 aliphatic carbocycles. The standard InChI is InChI=1S/C13H18N4/c1-2-8-17-10-15-16-13(17)12(14)9-11-6-4-3-5-7-11/h3-7,10,12H,2,8-9,14H2,1H3/t12-/m1/s1. The van der Waals surface area contributed by atoms with E-state index in [0.29, 0.717) is 0 Å². The van der Waals surface area contributed by atoms with E-state index < -0.39 is 0 Å². The highest BCUT2D eigenvalue weighted by Gasteiger charge is 2.13. The molecule has 1 atom stereocenters. The molecule has 1 heterocycles. The van der Waals surface area contributed by atoms with Gasteiger partial charge in [0.25, 0.3) is 0 Å². The van der Waals surface area contributed by atoms with E-state index in [2.05, 4.69) is 29.3 Å². The highest BCUT2D eigenvalue weighted by Crippen LogP contribution is 2.13. The number of rotatable bonds is 5. The van der Waals surface area contributed by atoms with E-state index in [1.807, 2.05) is 22.8 Å². The molecular formula is C13H18N4. The van der Waals surface area contributed by atoms with Crippen molar-refractivity contribution in [3.8, 4) is 0 Å². The zero-order valence-electron chi connectivity index (χ0n) is 10.1. The van der Waals surface area contributed by atoms with Gasteiger partial charge in [-0.1, -0.05) is 37.3 Å². The minimum Gasteiger partial charge on any atom is -0.321 e. The molecule has 0 aliphatic rings. The van der Waals surface area contributed by atoms with E-state index in [1.165, 1.54) is 5.56 Å². The Morgan fingerprint density at radius 2 is 2.06 bits per heavy atom. The zero-order chi connectivity index (χ0) is 12.1. The first-order chi connectivity index (χ1) is 8.31. The third kappa shape index (κ3) is 2.91. The molecule has 0 saturated heterocycles. The number of hydrogen-bond donors (Lipinski definition) is 1. The van der Waals surface area contributed by atoms with Crippen molar-refractivity contribution in [2.24, 2.45) is 5.73 Å². The van der Waals surface area contributed by atoms with Crippen LogP contribution >= 0.6 is 0 Å². The molecule has 2 aromatic rings. The fraction of sp³-hybridized carbons (Fsp3) is 0.385. The second-order valence-corrected chi connectivity index (χ2v) is 4.18. The van der Waals surface area contributed by atoms with Crippen molar-refractivity contribution in [3.05, 3.63) is 48.0 Å². The Kier molecular flexibility index (Phi) is 3.88. The van der Waals surface area contributed by atoms with Gasteiger partial charge in [-0.25, -0.2) is 0 Å². The van der Waals surface area contributed by atoms with Crippen molar-refractivity contribution >= 4 is 0 Å². The highest BCUT2D eigenvalue weighted by atomic mass is 15.3. The van der Waals surface area contributed by atoms with E-state index in [0.717, 1.165) is 25.2 Å². The summed E-state index contributed by atoms with van der Waals surface area (Å²) >= 11 is 0. The normalized spacial score (nSPS) is 12.6. The number of aryl methyl sites for hydroxylation is 1. The third-order valence-electron chi connectivity index (χ3n) is 2.74. The van der Waals surface area contributed by atoms with Crippen molar-refractivity contribution in [2.45, 2.75) is 32.4 Å². The number of nitrogens with two attached hydrogens (primary N) is 1. The molecule has 2 N–H and O–H groups in total. The summed E-state index contributed by atoms with van der Waals surface area (Å²) in [5.74, 6) is 0.871. The van der Waals surface area contributed by atoms with Crippen molar-refractivity contribution in [3.63, 3.8) is 0 Å². The molecule has 0 fully saturated rings. The zero-order valence-corrected chi connectivity index (χ0v) is 10.1. The van der Waals surface area contributed by atoms with Crippen LogP contribution in [0, 0.1) is 0 Å². The maximum absolute atomic E-state index is 6.18. The van der Waals surface area contributed by atoms with Gasteiger partial charge in [0.2, 0.25) is 0 Å². The quantitative estimate of drug-likeness (QED) is 0.854. The Morgan fingerprint density at radius 3 is 2.76 bits per heavy atom. The lowest BCUT2D eigenvalue weighted by Crippen LogP contribution is -2.19. The second kappa shape index (κ2) is 5.59. The molecule has 17 heavy (non-hydrogen) atoms. The summed E-state index contributed by atoms with van der Waals surface area (Å²) in [5.41, 5.74) is 7.41. The summed E-state index contributed by atoms with van der Waals surface area (Å²) in [4.78, 5) is 0.